The van der Waals surface area contributed by atoms with Gasteiger partial charge in [-0.15, -0.1) is 6.42 Å². The molecule has 3 aromatic carbocycles. The monoisotopic (exact) mass is 415 g/mol. The zero-order valence-electron chi connectivity index (χ0n) is 16.5. The third-order valence-corrected chi connectivity index (χ3v) is 6.27. The van der Waals surface area contributed by atoms with Gasteiger partial charge in [0.2, 0.25) is 10.0 Å². The van der Waals surface area contributed by atoms with Crippen LogP contribution in [0.25, 0.3) is 0 Å². The zero-order valence-corrected chi connectivity index (χ0v) is 17.3. The first kappa shape index (κ1) is 21.2. The second-order valence-electron chi connectivity index (χ2n) is 6.38. The number of methoxy groups -OCH3 is 1. The van der Waals surface area contributed by atoms with Crippen molar-refractivity contribution in [2.45, 2.75) is 10.9 Å². The predicted octanol–water partition coefficient (Wildman–Crippen LogP) is 4.11. The van der Waals surface area contributed by atoms with E-state index in [1.54, 1.807) is 37.4 Å². The number of nitrogens with zero attached hydrogens (tertiary/aromatic N) is 1. The molecule has 3 aromatic rings. The summed E-state index contributed by atoms with van der Waals surface area (Å²) in [4.78, 5) is 0.174. The van der Waals surface area contributed by atoms with Crippen molar-refractivity contribution in [1.29, 1.82) is 0 Å². The summed E-state index contributed by atoms with van der Waals surface area (Å²) in [7, 11) is -2.26. The molecular weight excluding hydrogens is 394 g/mol. The third kappa shape index (κ3) is 4.90. The van der Waals surface area contributed by atoms with Crippen LogP contribution in [0.15, 0.2) is 89.8 Å². The summed E-state index contributed by atoms with van der Waals surface area (Å²) in [6, 6.07) is 24.0. The molecule has 0 saturated heterocycles. The van der Waals surface area contributed by atoms with E-state index in [1.807, 2.05) is 54.6 Å². The Morgan fingerprint density at radius 2 is 1.53 bits per heavy atom. The molecule has 5 heteroatoms. The van der Waals surface area contributed by atoms with Crippen LogP contribution < -0.4 is 4.74 Å². The Hall–Kier alpha value is -3.51. The van der Waals surface area contributed by atoms with E-state index in [4.69, 9.17) is 11.2 Å². The molecule has 0 bridgehead atoms. The molecule has 0 N–H and O–H groups in total. The number of rotatable bonds is 6. The molecule has 1 unspecified atom stereocenters. The van der Waals surface area contributed by atoms with E-state index < -0.39 is 16.1 Å². The lowest BCUT2D eigenvalue weighted by atomic mass is 10.1. The van der Waals surface area contributed by atoms with Gasteiger partial charge in [-0.05, 0) is 42.0 Å². The molecular formula is C25H21NO3S. The Balaban J connectivity index is 2.08. The minimum atomic E-state index is -3.86. The van der Waals surface area contributed by atoms with E-state index in [0.717, 1.165) is 16.9 Å². The molecule has 30 heavy (non-hydrogen) atoms. The summed E-state index contributed by atoms with van der Waals surface area (Å²) in [6.07, 6.45) is 5.54. The van der Waals surface area contributed by atoms with Gasteiger partial charge in [0.05, 0.1) is 18.6 Å². The van der Waals surface area contributed by atoms with Gasteiger partial charge in [-0.2, -0.15) is 4.31 Å². The lowest BCUT2D eigenvalue weighted by Gasteiger charge is -2.26. The van der Waals surface area contributed by atoms with Crippen LogP contribution in [-0.2, 0) is 10.0 Å². The lowest BCUT2D eigenvalue weighted by Crippen LogP contribution is -2.34. The fourth-order valence-electron chi connectivity index (χ4n) is 2.92. The minimum Gasteiger partial charge on any atom is -0.497 e. The van der Waals surface area contributed by atoms with Crippen molar-refractivity contribution in [1.82, 2.24) is 4.31 Å². The highest BCUT2D eigenvalue weighted by Crippen LogP contribution is 2.27. The second-order valence-corrected chi connectivity index (χ2v) is 8.27. The van der Waals surface area contributed by atoms with E-state index in [2.05, 4.69) is 17.8 Å². The second kappa shape index (κ2) is 9.80. The largest absolute Gasteiger partial charge is 0.497 e. The van der Waals surface area contributed by atoms with Gasteiger partial charge in [0.1, 0.15) is 11.8 Å². The van der Waals surface area contributed by atoms with E-state index in [9.17, 15) is 8.42 Å². The molecule has 3 rings (SSSR count). The van der Waals surface area contributed by atoms with Gasteiger partial charge in [-0.1, -0.05) is 66.3 Å². The number of hydrogen-bond donors (Lipinski definition) is 0. The molecule has 0 spiro atoms. The molecule has 0 aliphatic heterocycles. The third-order valence-electron chi connectivity index (χ3n) is 4.44. The van der Waals surface area contributed by atoms with E-state index in [1.165, 1.54) is 4.31 Å². The fourth-order valence-corrected chi connectivity index (χ4v) is 4.38. The molecule has 4 nitrogen and oxygen atoms in total. The maximum absolute atomic E-state index is 13.4. The normalized spacial score (nSPS) is 11.8. The molecule has 150 valence electrons. The maximum Gasteiger partial charge on any atom is 0.245 e. The first-order valence-electron chi connectivity index (χ1n) is 9.27. The molecule has 1 atom stereocenters. The van der Waals surface area contributed by atoms with Gasteiger partial charge < -0.3 is 4.74 Å². The molecule has 0 aromatic heterocycles. The van der Waals surface area contributed by atoms with Gasteiger partial charge in [0.15, 0.2) is 0 Å². The van der Waals surface area contributed by atoms with E-state index in [-0.39, 0.29) is 11.4 Å². The van der Waals surface area contributed by atoms with E-state index in [0.29, 0.717) is 0 Å². The highest BCUT2D eigenvalue weighted by Gasteiger charge is 2.31. The average molecular weight is 416 g/mol. The first-order valence-corrected chi connectivity index (χ1v) is 10.7. The number of sulfonamides is 1. The lowest BCUT2D eigenvalue weighted by molar-refractivity contribution is 0.410. The standard InChI is InChI=1S/C25H21NO3S/c1-3-20-26(30(27,28)24-12-8-5-9-13-24)25(22-10-6-4-7-11-22)19-16-21-14-17-23(29-2)18-15-21/h1,4-15,17-18,25H,20H2,2H3. The number of hydrogen-bond acceptors (Lipinski definition) is 3. The summed E-state index contributed by atoms with van der Waals surface area (Å²) in [6.45, 7) is -0.103. The Kier molecular flexibility index (Phi) is 6.93. The smallest absolute Gasteiger partial charge is 0.245 e. The van der Waals surface area contributed by atoms with Crippen LogP contribution in [0.2, 0.25) is 0 Å². The van der Waals surface area contributed by atoms with Gasteiger partial charge in [-0.3, -0.25) is 0 Å². The number of terminal acetylenes is 1. The van der Waals surface area contributed by atoms with Crippen molar-refractivity contribution in [3.05, 3.63) is 96.1 Å². The zero-order chi connectivity index (χ0) is 21.4. The maximum atomic E-state index is 13.4. The average Bonchev–Trinajstić information content (AvgIpc) is 2.80. The molecule has 0 saturated carbocycles. The van der Waals surface area contributed by atoms with Crippen molar-refractivity contribution < 1.29 is 13.2 Å². The van der Waals surface area contributed by atoms with Crippen LogP contribution in [0.5, 0.6) is 5.75 Å². The van der Waals surface area contributed by atoms with Crippen LogP contribution >= 0.6 is 0 Å². The van der Waals surface area contributed by atoms with Crippen molar-refractivity contribution >= 4 is 10.0 Å². The van der Waals surface area contributed by atoms with Crippen molar-refractivity contribution in [3.8, 4) is 29.9 Å². The fraction of sp³-hybridized carbons (Fsp3) is 0.120. The first-order chi connectivity index (χ1) is 14.6. The Bertz CT molecular complexity index is 1170. The quantitative estimate of drug-likeness (QED) is 0.569. The van der Waals surface area contributed by atoms with Crippen molar-refractivity contribution in [3.63, 3.8) is 0 Å². The van der Waals surface area contributed by atoms with Gasteiger partial charge in [-0.25, -0.2) is 8.42 Å². The molecule has 0 heterocycles. The van der Waals surface area contributed by atoms with Gasteiger partial charge in [0.25, 0.3) is 0 Å². The van der Waals surface area contributed by atoms with Crippen molar-refractivity contribution in [2.24, 2.45) is 0 Å². The molecule has 0 radical (unpaired) electrons. The number of ether oxygens (including phenoxy) is 1. The van der Waals surface area contributed by atoms with Crippen molar-refractivity contribution in [2.75, 3.05) is 13.7 Å². The molecule has 0 amide bonds. The predicted molar refractivity (Wildman–Crippen MR) is 118 cm³/mol. The van der Waals surface area contributed by atoms with Crippen LogP contribution in [0.4, 0.5) is 0 Å². The summed E-state index contributed by atoms with van der Waals surface area (Å²) in [5.41, 5.74) is 1.49. The Labute approximate surface area is 178 Å². The molecule has 0 aliphatic carbocycles. The highest BCUT2D eigenvalue weighted by atomic mass is 32.2. The Morgan fingerprint density at radius 1 is 0.933 bits per heavy atom. The minimum absolute atomic E-state index is 0.103. The topological polar surface area (TPSA) is 46.6 Å². The Morgan fingerprint density at radius 3 is 2.10 bits per heavy atom. The SMILES string of the molecule is C#CCN(C(C#Cc1ccc(OC)cc1)c1ccccc1)S(=O)(=O)c1ccccc1. The molecule has 0 aliphatic rings. The highest BCUT2D eigenvalue weighted by molar-refractivity contribution is 7.89. The van der Waals surface area contributed by atoms with Gasteiger partial charge in [0, 0.05) is 5.56 Å². The van der Waals surface area contributed by atoms with Crippen LogP contribution in [0.3, 0.4) is 0 Å². The van der Waals surface area contributed by atoms with Crippen LogP contribution in [-0.4, -0.2) is 26.4 Å². The summed E-state index contributed by atoms with van der Waals surface area (Å²) in [5, 5.41) is 0. The summed E-state index contributed by atoms with van der Waals surface area (Å²) < 4.78 is 33.2. The van der Waals surface area contributed by atoms with Crippen LogP contribution in [0.1, 0.15) is 17.2 Å². The van der Waals surface area contributed by atoms with Gasteiger partial charge >= 0.3 is 0 Å². The van der Waals surface area contributed by atoms with Crippen LogP contribution in [0, 0.1) is 24.2 Å². The summed E-state index contributed by atoms with van der Waals surface area (Å²) in [5.74, 6) is 9.38. The van der Waals surface area contributed by atoms with E-state index >= 15 is 0 Å². The summed E-state index contributed by atoms with van der Waals surface area (Å²) >= 11 is 0. The molecule has 0 fully saturated rings. The number of benzene rings is 3.